The average Bonchev–Trinajstić information content (AvgIpc) is 2.30. The predicted molar refractivity (Wildman–Crippen MR) is 62.3 cm³/mol. The summed E-state index contributed by atoms with van der Waals surface area (Å²) >= 11 is 0. The maximum atomic E-state index is 7.83. The number of nitrogens with zero attached hydrogens (tertiary/aromatic N) is 1. The van der Waals surface area contributed by atoms with E-state index < -0.39 is 0 Å². The third kappa shape index (κ3) is 1.15. The zero-order valence-corrected chi connectivity index (χ0v) is 8.07. The summed E-state index contributed by atoms with van der Waals surface area (Å²) in [5.41, 5.74) is 0.890. The highest BCUT2D eigenvalue weighted by Gasteiger charge is 2.08. The maximum absolute atomic E-state index is 7.83. The zero-order valence-electron chi connectivity index (χ0n) is 8.07. The molecule has 0 aliphatic carbocycles. The highest BCUT2D eigenvalue weighted by Crippen LogP contribution is 2.29. The Kier molecular flexibility index (Phi) is 1.62. The largest absolute Gasteiger partial charge is 0.578 e. The van der Waals surface area contributed by atoms with Gasteiger partial charge in [-0.25, -0.2) is 0 Å². The van der Waals surface area contributed by atoms with E-state index in [0.29, 0.717) is 5.88 Å². The van der Waals surface area contributed by atoms with Gasteiger partial charge in [-0.3, -0.25) is 0 Å². The van der Waals surface area contributed by atoms with Crippen molar-refractivity contribution in [1.82, 2.24) is 4.98 Å². The van der Waals surface area contributed by atoms with Crippen molar-refractivity contribution in [3.63, 3.8) is 0 Å². The summed E-state index contributed by atoms with van der Waals surface area (Å²) in [5.74, 6) is 0.351. The van der Waals surface area contributed by atoms with E-state index in [9.17, 15) is 0 Å². The molecule has 2 nitrogen and oxygen atoms in total. The Hall–Kier alpha value is -2.09. The Bertz CT molecular complexity index is 646. The molecule has 0 bridgehead atoms. The molecule has 2 heteroatoms. The lowest BCUT2D eigenvalue weighted by Crippen LogP contribution is -1.82. The Balaban J connectivity index is 2.64. The van der Waals surface area contributed by atoms with Gasteiger partial charge in [-0.1, -0.05) is 36.4 Å². The molecule has 0 saturated carbocycles. The monoisotopic (exact) mass is 196 g/mol. The molecule has 1 aromatic heterocycles. The van der Waals surface area contributed by atoms with Gasteiger partial charge < -0.3 is 5.11 Å². The van der Waals surface area contributed by atoms with Crippen molar-refractivity contribution in [2.45, 2.75) is 0 Å². The Morgan fingerprint density at radius 2 is 1.33 bits per heavy atom. The molecule has 0 aliphatic rings. The highest BCUT2D eigenvalue weighted by molar-refractivity contribution is 6.07. The van der Waals surface area contributed by atoms with Crippen LogP contribution in [0.3, 0.4) is 0 Å². The minimum atomic E-state index is 0.351. The Morgan fingerprint density at radius 1 is 0.733 bits per heavy atom. The summed E-state index contributed by atoms with van der Waals surface area (Å²) < 4.78 is 0. The van der Waals surface area contributed by atoms with Crippen LogP contribution in [0, 0.1) is 0 Å². The van der Waals surface area contributed by atoms with Gasteiger partial charge in [0.2, 0.25) is 0 Å². The van der Waals surface area contributed by atoms with Gasteiger partial charge in [-0.2, -0.15) is 4.98 Å². The van der Waals surface area contributed by atoms with Crippen LogP contribution in [-0.4, -0.2) is 10.1 Å². The predicted octanol–water partition coefficient (Wildman–Crippen LogP) is 2.83. The molecule has 0 unspecified atom stereocenters. The second-order valence-corrected chi connectivity index (χ2v) is 3.52. The molecule has 72 valence electrons. The lowest BCUT2D eigenvalue weighted by Gasteiger charge is -2.01. The number of pyridine rings is 1. The zero-order chi connectivity index (χ0) is 10.3. The van der Waals surface area contributed by atoms with Crippen LogP contribution in [0.5, 0.6) is 5.88 Å². The van der Waals surface area contributed by atoms with Gasteiger partial charge in [0, 0.05) is 10.8 Å². The molecular weight excluding hydrogens is 186 g/mol. The molecule has 3 aromatic rings. The first-order valence-corrected chi connectivity index (χ1v) is 4.85. The highest BCUT2D eigenvalue weighted by atomic mass is 16.3. The number of aromatic nitrogens is 1. The van der Waals surface area contributed by atoms with Gasteiger partial charge >= 0.3 is 5.88 Å². The summed E-state index contributed by atoms with van der Waals surface area (Å²) in [5, 5.41) is 11.0. The molecule has 1 heterocycles. The first-order chi connectivity index (χ1) is 7.36. The first-order valence-electron chi connectivity index (χ1n) is 4.85. The topological polar surface area (TPSA) is 35.8 Å². The third-order valence-corrected chi connectivity index (χ3v) is 2.61. The second-order valence-electron chi connectivity index (χ2n) is 3.52. The van der Waals surface area contributed by atoms with Crippen molar-refractivity contribution in [2.24, 2.45) is 0 Å². The van der Waals surface area contributed by atoms with E-state index in [1.807, 2.05) is 48.5 Å². The number of fused-ring (bicyclic) bond motifs is 3. The van der Waals surface area contributed by atoms with Crippen LogP contribution in [0.1, 0.15) is 0 Å². The second kappa shape index (κ2) is 2.95. The van der Waals surface area contributed by atoms with Crippen LogP contribution in [0.25, 0.3) is 21.7 Å². The van der Waals surface area contributed by atoms with Crippen LogP contribution in [0.4, 0.5) is 0 Å². The van der Waals surface area contributed by atoms with Crippen molar-refractivity contribution in [3.05, 3.63) is 48.5 Å². The molecule has 0 aliphatic heterocycles. The quantitative estimate of drug-likeness (QED) is 0.402. The average molecular weight is 196 g/mol. The van der Waals surface area contributed by atoms with Gasteiger partial charge in [0.25, 0.3) is 0 Å². The van der Waals surface area contributed by atoms with Crippen LogP contribution < -0.4 is 0 Å². The van der Waals surface area contributed by atoms with Crippen LogP contribution in [-0.2, 0) is 0 Å². The van der Waals surface area contributed by atoms with E-state index in [4.69, 9.17) is 5.11 Å². The fourth-order valence-electron chi connectivity index (χ4n) is 1.90. The maximum Gasteiger partial charge on any atom is 0.365 e. The third-order valence-electron chi connectivity index (χ3n) is 2.61. The Morgan fingerprint density at radius 3 is 2.13 bits per heavy atom. The van der Waals surface area contributed by atoms with Crippen molar-refractivity contribution in [2.75, 3.05) is 0 Å². The van der Waals surface area contributed by atoms with Crippen molar-refractivity contribution >= 4 is 21.7 Å². The minimum Gasteiger partial charge on any atom is -0.578 e. The summed E-state index contributed by atoms with van der Waals surface area (Å²) in [7, 11) is 0. The van der Waals surface area contributed by atoms with E-state index in [0.717, 1.165) is 21.7 Å². The summed E-state index contributed by atoms with van der Waals surface area (Å²) in [6.07, 6.45) is 0. The molecule has 0 radical (unpaired) electrons. The van der Waals surface area contributed by atoms with E-state index in [1.165, 1.54) is 0 Å². The number of rotatable bonds is 0. The van der Waals surface area contributed by atoms with E-state index >= 15 is 0 Å². The number of para-hydroxylation sites is 1. The van der Waals surface area contributed by atoms with E-state index in [-0.39, 0.29) is 0 Å². The number of benzene rings is 2. The first kappa shape index (κ1) is 8.24. The van der Waals surface area contributed by atoms with E-state index in [2.05, 4.69) is 4.98 Å². The number of hydrogen-bond acceptors (Lipinski definition) is 1. The van der Waals surface area contributed by atoms with Crippen molar-refractivity contribution in [1.29, 1.82) is 0 Å². The van der Waals surface area contributed by atoms with Crippen LogP contribution >= 0.6 is 0 Å². The summed E-state index contributed by atoms with van der Waals surface area (Å²) in [6.45, 7) is 0. The van der Waals surface area contributed by atoms with Gasteiger partial charge in [0.05, 0.1) is 5.52 Å². The molecule has 0 spiro atoms. The standard InChI is InChI=1S/C13H9NO/c15-13-11-7-2-1-5-9(11)10-6-3-4-8-12(10)14-13/h1-8H,(H,14,15)/p+1. The molecule has 2 N–H and O–H groups in total. The fraction of sp³-hybridized carbons (Fsp3) is 0. The van der Waals surface area contributed by atoms with E-state index in [1.54, 1.807) is 0 Å². The molecule has 0 saturated heterocycles. The lowest BCUT2D eigenvalue weighted by atomic mass is 10.1. The summed E-state index contributed by atoms with van der Waals surface area (Å²) in [4.78, 5) is 4.27. The van der Waals surface area contributed by atoms with Gasteiger partial charge in [0.15, 0.2) is 0 Å². The molecule has 0 fully saturated rings. The van der Waals surface area contributed by atoms with Crippen LogP contribution in [0.15, 0.2) is 48.5 Å². The SMILES string of the molecule is [OH2+]c1nc2ccccc2c2ccccc12. The molecule has 15 heavy (non-hydrogen) atoms. The molecule has 0 atom stereocenters. The molecule has 2 aromatic carbocycles. The van der Waals surface area contributed by atoms with Gasteiger partial charge in [-0.15, -0.1) is 0 Å². The van der Waals surface area contributed by atoms with Gasteiger partial charge in [-0.05, 0) is 12.1 Å². The van der Waals surface area contributed by atoms with Gasteiger partial charge in [0.1, 0.15) is 5.39 Å². The fourth-order valence-corrected chi connectivity index (χ4v) is 1.90. The minimum absolute atomic E-state index is 0.351. The molecule has 0 amide bonds. The van der Waals surface area contributed by atoms with Crippen molar-refractivity contribution < 1.29 is 5.11 Å². The smallest absolute Gasteiger partial charge is 0.365 e. The van der Waals surface area contributed by atoms with Crippen LogP contribution in [0.2, 0.25) is 0 Å². The molecule has 3 rings (SSSR count). The summed E-state index contributed by atoms with van der Waals surface area (Å²) in [6, 6.07) is 15.9. The number of hydrogen-bond donors (Lipinski definition) is 0. The lowest BCUT2D eigenvalue weighted by molar-refractivity contribution is 0.462. The van der Waals surface area contributed by atoms with Crippen molar-refractivity contribution in [3.8, 4) is 5.88 Å². The molecular formula is C13H10NO+. The Labute approximate surface area is 86.8 Å². The normalized spacial score (nSPS) is 10.9.